The number of pyridine rings is 1. The maximum atomic E-state index is 12.1. The molecule has 1 heterocycles. The summed E-state index contributed by atoms with van der Waals surface area (Å²) in [5, 5.41) is 0.163. The van der Waals surface area contributed by atoms with Gasteiger partial charge >= 0.3 is 0 Å². The molecule has 5 nitrogen and oxygen atoms in total. The highest BCUT2D eigenvalue weighted by atomic mass is 35.5. The van der Waals surface area contributed by atoms with Gasteiger partial charge in [0.15, 0.2) is 0 Å². The third-order valence-electron chi connectivity index (χ3n) is 2.23. The highest BCUT2D eigenvalue weighted by molar-refractivity contribution is 7.89. The maximum absolute atomic E-state index is 12.1. The molecule has 0 radical (unpaired) electrons. The number of nitrogens with zero attached hydrogens (tertiary/aromatic N) is 2. The summed E-state index contributed by atoms with van der Waals surface area (Å²) in [4.78, 5) is 3.90. The molecule has 0 amide bonds. The molecule has 0 N–H and O–H groups in total. The molecule has 0 bridgehead atoms. The van der Waals surface area contributed by atoms with Gasteiger partial charge in [-0.3, -0.25) is 0 Å². The summed E-state index contributed by atoms with van der Waals surface area (Å²) in [5.41, 5.74) is 0. The van der Waals surface area contributed by atoms with Gasteiger partial charge < -0.3 is 4.74 Å². The summed E-state index contributed by atoms with van der Waals surface area (Å²) in [6, 6.07) is 2.76. The Balaban J connectivity index is 2.80. The predicted octanol–water partition coefficient (Wildman–Crippen LogP) is 1.39. The Hall–Kier alpha value is -0.690. The second-order valence-corrected chi connectivity index (χ2v) is 5.92. The second kappa shape index (κ2) is 6.30. The van der Waals surface area contributed by atoms with Crippen LogP contribution in [-0.4, -0.2) is 45.0 Å². The number of methoxy groups -OCH3 is 1. The van der Waals surface area contributed by atoms with Crippen LogP contribution in [0.3, 0.4) is 0 Å². The van der Waals surface area contributed by atoms with Crippen LogP contribution in [0.4, 0.5) is 0 Å². The molecular formula is C10H15ClN2O3S. The minimum atomic E-state index is -3.49. The summed E-state index contributed by atoms with van der Waals surface area (Å²) in [5.74, 6) is 0. The fraction of sp³-hybridized carbons (Fsp3) is 0.500. The predicted molar refractivity (Wildman–Crippen MR) is 65.6 cm³/mol. The quantitative estimate of drug-likeness (QED) is 0.583. The molecule has 0 unspecified atom stereocenters. The van der Waals surface area contributed by atoms with E-state index in [1.165, 1.54) is 29.7 Å². The van der Waals surface area contributed by atoms with Crippen LogP contribution >= 0.6 is 11.6 Å². The third-order valence-corrected chi connectivity index (χ3v) is 4.29. The lowest BCUT2D eigenvalue weighted by atomic mass is 10.5. The van der Waals surface area contributed by atoms with Crippen molar-refractivity contribution in [1.29, 1.82) is 0 Å². The zero-order valence-electron chi connectivity index (χ0n) is 9.76. The first kappa shape index (κ1) is 14.4. The Morgan fingerprint density at radius 3 is 2.82 bits per heavy atom. The van der Waals surface area contributed by atoms with Gasteiger partial charge in [0.2, 0.25) is 10.0 Å². The van der Waals surface area contributed by atoms with E-state index in [2.05, 4.69) is 4.98 Å². The van der Waals surface area contributed by atoms with Crippen molar-refractivity contribution in [1.82, 2.24) is 9.29 Å². The first-order valence-electron chi connectivity index (χ1n) is 5.05. The number of sulfonamides is 1. The summed E-state index contributed by atoms with van der Waals surface area (Å²) < 4.78 is 30.3. The van der Waals surface area contributed by atoms with E-state index in [4.69, 9.17) is 16.3 Å². The van der Waals surface area contributed by atoms with Gasteiger partial charge in [-0.05, 0) is 18.6 Å². The van der Waals surface area contributed by atoms with Crippen LogP contribution in [0.5, 0.6) is 0 Å². The molecule has 0 saturated heterocycles. The molecular weight excluding hydrogens is 264 g/mol. The molecule has 1 aromatic heterocycles. The van der Waals surface area contributed by atoms with E-state index < -0.39 is 10.0 Å². The Morgan fingerprint density at radius 1 is 1.53 bits per heavy atom. The average molecular weight is 279 g/mol. The molecule has 7 heteroatoms. The fourth-order valence-electron chi connectivity index (χ4n) is 1.28. The minimum absolute atomic E-state index is 0.150. The van der Waals surface area contributed by atoms with Crippen LogP contribution in [-0.2, 0) is 14.8 Å². The largest absolute Gasteiger partial charge is 0.385 e. The van der Waals surface area contributed by atoms with Crippen LogP contribution in [0.2, 0.25) is 5.15 Å². The van der Waals surface area contributed by atoms with Gasteiger partial charge in [-0.1, -0.05) is 11.6 Å². The number of hydrogen-bond acceptors (Lipinski definition) is 4. The lowest BCUT2D eigenvalue weighted by Crippen LogP contribution is -2.28. The molecule has 0 aliphatic heterocycles. The van der Waals surface area contributed by atoms with E-state index in [1.54, 1.807) is 7.11 Å². The molecule has 0 spiro atoms. The topological polar surface area (TPSA) is 59.5 Å². The first-order chi connectivity index (χ1) is 7.98. The first-order valence-corrected chi connectivity index (χ1v) is 6.87. The van der Waals surface area contributed by atoms with Gasteiger partial charge in [-0.15, -0.1) is 0 Å². The molecule has 96 valence electrons. The summed E-state index contributed by atoms with van der Waals surface area (Å²) >= 11 is 5.67. The molecule has 0 aromatic carbocycles. The van der Waals surface area contributed by atoms with E-state index in [9.17, 15) is 8.42 Å². The number of aromatic nitrogens is 1. The van der Waals surface area contributed by atoms with E-state index >= 15 is 0 Å². The van der Waals surface area contributed by atoms with Crippen molar-refractivity contribution in [3.05, 3.63) is 23.5 Å². The van der Waals surface area contributed by atoms with Gasteiger partial charge in [-0.25, -0.2) is 17.7 Å². The Kier molecular flexibility index (Phi) is 5.32. The van der Waals surface area contributed by atoms with Crippen LogP contribution in [0, 0.1) is 0 Å². The highest BCUT2D eigenvalue weighted by Crippen LogP contribution is 2.16. The van der Waals surface area contributed by atoms with Crippen molar-refractivity contribution in [3.8, 4) is 0 Å². The molecule has 0 atom stereocenters. The zero-order valence-corrected chi connectivity index (χ0v) is 11.3. The summed E-state index contributed by atoms with van der Waals surface area (Å²) in [6.07, 6.45) is 2.02. The fourth-order valence-corrected chi connectivity index (χ4v) is 2.74. The number of hydrogen-bond donors (Lipinski definition) is 0. The molecule has 0 aliphatic carbocycles. The van der Waals surface area contributed by atoms with Gasteiger partial charge in [-0.2, -0.15) is 0 Å². The Morgan fingerprint density at radius 2 is 2.24 bits per heavy atom. The summed E-state index contributed by atoms with van der Waals surface area (Å²) in [7, 11) is -0.381. The monoisotopic (exact) mass is 278 g/mol. The Bertz CT molecular complexity index is 464. The van der Waals surface area contributed by atoms with Crippen LogP contribution in [0.1, 0.15) is 6.42 Å². The van der Waals surface area contributed by atoms with Crippen LogP contribution in [0.15, 0.2) is 23.2 Å². The molecule has 17 heavy (non-hydrogen) atoms. The standard InChI is InChI=1S/C10H15ClN2O3S/c1-13(6-3-7-16-2)17(14,15)9-4-5-12-10(11)8-9/h4-5,8H,3,6-7H2,1-2H3. The lowest BCUT2D eigenvalue weighted by molar-refractivity contribution is 0.189. The smallest absolute Gasteiger partial charge is 0.242 e. The third kappa shape index (κ3) is 3.92. The van der Waals surface area contributed by atoms with Gasteiger partial charge in [0, 0.05) is 33.5 Å². The molecule has 1 rings (SSSR count). The highest BCUT2D eigenvalue weighted by Gasteiger charge is 2.20. The van der Waals surface area contributed by atoms with E-state index in [-0.39, 0.29) is 10.0 Å². The SMILES string of the molecule is COCCCN(C)S(=O)(=O)c1ccnc(Cl)c1. The Labute approximate surface area is 106 Å². The van der Waals surface area contributed by atoms with Crippen LogP contribution in [0.25, 0.3) is 0 Å². The molecule has 0 fully saturated rings. The molecule has 1 aromatic rings. The van der Waals surface area contributed by atoms with Gasteiger partial charge in [0.25, 0.3) is 0 Å². The number of ether oxygens (including phenoxy) is 1. The number of rotatable bonds is 6. The minimum Gasteiger partial charge on any atom is -0.385 e. The normalized spacial score (nSPS) is 12.0. The lowest BCUT2D eigenvalue weighted by Gasteiger charge is -2.16. The molecule has 0 aliphatic rings. The van der Waals surface area contributed by atoms with Crippen molar-refractivity contribution < 1.29 is 13.2 Å². The van der Waals surface area contributed by atoms with E-state index in [0.29, 0.717) is 19.6 Å². The van der Waals surface area contributed by atoms with E-state index in [1.807, 2.05) is 0 Å². The van der Waals surface area contributed by atoms with E-state index in [0.717, 1.165) is 0 Å². The van der Waals surface area contributed by atoms with Crippen molar-refractivity contribution in [2.45, 2.75) is 11.3 Å². The van der Waals surface area contributed by atoms with Crippen molar-refractivity contribution in [2.24, 2.45) is 0 Å². The van der Waals surface area contributed by atoms with Gasteiger partial charge in [0.1, 0.15) is 5.15 Å². The van der Waals surface area contributed by atoms with Crippen molar-refractivity contribution >= 4 is 21.6 Å². The maximum Gasteiger partial charge on any atom is 0.242 e. The average Bonchev–Trinajstić information content (AvgIpc) is 2.29. The summed E-state index contributed by atoms with van der Waals surface area (Å²) in [6.45, 7) is 0.924. The van der Waals surface area contributed by atoms with Gasteiger partial charge in [0.05, 0.1) is 4.90 Å². The van der Waals surface area contributed by atoms with Crippen LogP contribution < -0.4 is 0 Å². The molecule has 0 saturated carbocycles. The second-order valence-electron chi connectivity index (χ2n) is 3.49. The zero-order chi connectivity index (χ0) is 12.9. The van der Waals surface area contributed by atoms with Crippen molar-refractivity contribution in [3.63, 3.8) is 0 Å². The number of halogens is 1. The van der Waals surface area contributed by atoms with Crippen molar-refractivity contribution in [2.75, 3.05) is 27.3 Å².